The number of hydrogen-bond acceptors (Lipinski definition) is 1. The van der Waals surface area contributed by atoms with Crippen molar-refractivity contribution in [3.8, 4) is 0 Å². The largest absolute Gasteiger partial charge is 0.381 e. The van der Waals surface area contributed by atoms with E-state index >= 15 is 0 Å². The third-order valence-electron chi connectivity index (χ3n) is 4.28. The van der Waals surface area contributed by atoms with Crippen LogP contribution in [0.2, 0.25) is 0 Å². The third kappa shape index (κ3) is 26.8. The number of unbranched alkanes of at least 4 members (excludes halogenated alkanes) is 12. The van der Waals surface area contributed by atoms with Crippen LogP contribution in [0, 0.1) is 0 Å². The average Bonchev–Trinajstić information content (AvgIpc) is 2.59. The van der Waals surface area contributed by atoms with Gasteiger partial charge in [-0.1, -0.05) is 97.8 Å². The van der Waals surface area contributed by atoms with Crippen LogP contribution in [0.1, 0.15) is 124 Å². The van der Waals surface area contributed by atoms with E-state index in [-0.39, 0.29) is 0 Å². The molecule has 1 nitrogen and oxygen atoms in total. The molecule has 0 radical (unpaired) electrons. The summed E-state index contributed by atoms with van der Waals surface area (Å²) in [5.74, 6) is 0. The molecule has 0 aromatic heterocycles. The van der Waals surface area contributed by atoms with Gasteiger partial charge in [-0.25, -0.2) is 4.39 Å². The summed E-state index contributed by atoms with van der Waals surface area (Å²) in [5, 5.41) is 0. The van der Waals surface area contributed by atoms with Crippen LogP contribution in [0.3, 0.4) is 0 Å². The SMILES string of the molecule is CC.CCCCOCCCCCCCCCCCCCCC(C)F. The van der Waals surface area contributed by atoms with Crippen molar-refractivity contribution in [3.63, 3.8) is 0 Å². The highest BCUT2D eigenvalue weighted by Crippen LogP contribution is 2.13. The van der Waals surface area contributed by atoms with Gasteiger partial charge in [-0.05, 0) is 26.2 Å². The molecule has 0 aliphatic rings. The number of halogens is 1. The zero-order chi connectivity index (χ0) is 18.3. The second-order valence-electron chi connectivity index (χ2n) is 6.78. The number of ether oxygens (including phenoxy) is 1. The van der Waals surface area contributed by atoms with E-state index in [4.69, 9.17) is 4.74 Å². The average molecular weight is 347 g/mol. The van der Waals surface area contributed by atoms with Crippen molar-refractivity contribution in [2.75, 3.05) is 13.2 Å². The fraction of sp³-hybridized carbons (Fsp3) is 1.00. The lowest BCUT2D eigenvalue weighted by Crippen LogP contribution is -1.96. The van der Waals surface area contributed by atoms with Gasteiger partial charge in [-0.2, -0.15) is 0 Å². The Bertz CT molecular complexity index is 194. The molecule has 24 heavy (non-hydrogen) atoms. The summed E-state index contributed by atoms with van der Waals surface area (Å²) < 4.78 is 18.2. The minimum atomic E-state index is -0.608. The molecule has 148 valence electrons. The molecule has 2 heteroatoms. The van der Waals surface area contributed by atoms with Gasteiger partial charge in [0.2, 0.25) is 0 Å². The number of alkyl halides is 1. The molecule has 0 rings (SSSR count). The lowest BCUT2D eigenvalue weighted by atomic mass is 10.0. The quantitative estimate of drug-likeness (QED) is 0.227. The van der Waals surface area contributed by atoms with Gasteiger partial charge in [0.15, 0.2) is 0 Å². The summed E-state index contributed by atoms with van der Waals surface area (Å²) in [6.07, 6.45) is 18.4. The van der Waals surface area contributed by atoms with E-state index < -0.39 is 6.17 Å². The molecule has 0 bridgehead atoms. The molecule has 0 aliphatic carbocycles. The summed E-state index contributed by atoms with van der Waals surface area (Å²) in [6, 6.07) is 0. The standard InChI is InChI=1S/C20H41FO.C2H6/c1-3-4-18-22-19-16-14-12-10-8-6-5-7-9-11-13-15-17-20(2)21;1-2/h20H,3-19H2,1-2H3;1-2H3. The Kier molecular flexibility index (Phi) is 27.4. The van der Waals surface area contributed by atoms with Gasteiger partial charge in [0, 0.05) is 13.2 Å². The van der Waals surface area contributed by atoms with Gasteiger partial charge in [0.1, 0.15) is 0 Å². The van der Waals surface area contributed by atoms with E-state index in [1.54, 1.807) is 6.92 Å². The fourth-order valence-corrected chi connectivity index (χ4v) is 2.75. The Hall–Kier alpha value is -0.110. The van der Waals surface area contributed by atoms with Crippen molar-refractivity contribution < 1.29 is 9.13 Å². The van der Waals surface area contributed by atoms with Crippen molar-refractivity contribution in [2.45, 2.75) is 130 Å². The molecule has 1 atom stereocenters. The topological polar surface area (TPSA) is 9.23 Å². The van der Waals surface area contributed by atoms with Gasteiger partial charge in [-0.3, -0.25) is 0 Å². The monoisotopic (exact) mass is 346 g/mol. The Morgan fingerprint density at radius 1 is 0.625 bits per heavy atom. The molecule has 0 aliphatic heterocycles. The highest BCUT2D eigenvalue weighted by Gasteiger charge is 1.97. The molecule has 0 saturated heterocycles. The molecule has 0 aromatic rings. The lowest BCUT2D eigenvalue weighted by Gasteiger charge is -2.04. The summed E-state index contributed by atoms with van der Waals surface area (Å²) in [7, 11) is 0. The first kappa shape index (κ1) is 26.1. The lowest BCUT2D eigenvalue weighted by molar-refractivity contribution is 0.127. The highest BCUT2D eigenvalue weighted by molar-refractivity contribution is 4.51. The highest BCUT2D eigenvalue weighted by atomic mass is 19.1. The molecule has 0 N–H and O–H groups in total. The second kappa shape index (κ2) is 25.1. The van der Waals surface area contributed by atoms with Crippen LogP contribution in [0.25, 0.3) is 0 Å². The first-order valence-corrected chi connectivity index (χ1v) is 11.0. The van der Waals surface area contributed by atoms with Gasteiger partial charge in [0.25, 0.3) is 0 Å². The Labute approximate surface area is 153 Å². The first-order chi connectivity index (χ1) is 11.8. The van der Waals surface area contributed by atoms with Crippen LogP contribution in [-0.4, -0.2) is 19.4 Å². The van der Waals surface area contributed by atoms with Gasteiger partial charge in [0.05, 0.1) is 6.17 Å². The maximum Gasteiger partial charge on any atom is 0.0973 e. The van der Waals surface area contributed by atoms with Gasteiger partial charge < -0.3 is 4.74 Å². The number of rotatable bonds is 18. The van der Waals surface area contributed by atoms with Crippen LogP contribution in [0.15, 0.2) is 0 Å². The molecular formula is C22H47FO. The van der Waals surface area contributed by atoms with Crippen LogP contribution < -0.4 is 0 Å². The Balaban J connectivity index is 0. The van der Waals surface area contributed by atoms with E-state index in [0.29, 0.717) is 0 Å². The van der Waals surface area contributed by atoms with E-state index in [2.05, 4.69) is 6.92 Å². The number of hydrogen-bond donors (Lipinski definition) is 0. The molecule has 0 aromatic carbocycles. The zero-order valence-electron chi connectivity index (χ0n) is 17.4. The Morgan fingerprint density at radius 2 is 1.00 bits per heavy atom. The van der Waals surface area contributed by atoms with Crippen molar-refractivity contribution in [2.24, 2.45) is 0 Å². The van der Waals surface area contributed by atoms with E-state index in [1.807, 2.05) is 13.8 Å². The van der Waals surface area contributed by atoms with E-state index in [1.165, 1.54) is 83.5 Å². The van der Waals surface area contributed by atoms with Gasteiger partial charge >= 0.3 is 0 Å². The van der Waals surface area contributed by atoms with Crippen molar-refractivity contribution >= 4 is 0 Å². The van der Waals surface area contributed by atoms with Crippen molar-refractivity contribution in [1.29, 1.82) is 0 Å². The van der Waals surface area contributed by atoms with Crippen LogP contribution in [-0.2, 0) is 4.74 Å². The summed E-state index contributed by atoms with van der Waals surface area (Å²) in [4.78, 5) is 0. The molecule has 0 amide bonds. The molecule has 0 fully saturated rings. The minimum Gasteiger partial charge on any atom is -0.381 e. The predicted octanol–water partition coefficient (Wildman–Crippen LogP) is 8.26. The Morgan fingerprint density at radius 3 is 1.42 bits per heavy atom. The van der Waals surface area contributed by atoms with Crippen molar-refractivity contribution in [1.82, 2.24) is 0 Å². The van der Waals surface area contributed by atoms with Gasteiger partial charge in [-0.15, -0.1) is 0 Å². The van der Waals surface area contributed by atoms with E-state index in [9.17, 15) is 4.39 Å². The van der Waals surface area contributed by atoms with Crippen LogP contribution >= 0.6 is 0 Å². The second-order valence-corrected chi connectivity index (χ2v) is 6.78. The normalized spacial score (nSPS) is 11.9. The predicted molar refractivity (Wildman–Crippen MR) is 108 cm³/mol. The fourth-order valence-electron chi connectivity index (χ4n) is 2.75. The first-order valence-electron chi connectivity index (χ1n) is 11.0. The molecule has 1 unspecified atom stereocenters. The maximum absolute atomic E-state index is 12.6. The minimum absolute atomic E-state index is 0.608. The summed E-state index contributed by atoms with van der Waals surface area (Å²) in [6.45, 7) is 9.78. The molecule has 0 spiro atoms. The van der Waals surface area contributed by atoms with E-state index in [0.717, 1.165) is 26.1 Å². The van der Waals surface area contributed by atoms with Crippen LogP contribution in [0.4, 0.5) is 4.39 Å². The third-order valence-corrected chi connectivity index (χ3v) is 4.28. The van der Waals surface area contributed by atoms with Crippen LogP contribution in [0.5, 0.6) is 0 Å². The molecular weight excluding hydrogens is 299 g/mol. The maximum atomic E-state index is 12.6. The summed E-state index contributed by atoms with van der Waals surface area (Å²) in [5.41, 5.74) is 0. The smallest absolute Gasteiger partial charge is 0.0973 e. The molecule has 0 saturated carbocycles. The molecule has 0 heterocycles. The van der Waals surface area contributed by atoms with Crippen molar-refractivity contribution in [3.05, 3.63) is 0 Å². The zero-order valence-corrected chi connectivity index (χ0v) is 17.4. The summed E-state index contributed by atoms with van der Waals surface area (Å²) >= 11 is 0.